The number of rotatable bonds is 2. The minimum Gasteiger partial charge on any atom is -0.326 e. The highest BCUT2D eigenvalue weighted by Gasteiger charge is 2.37. The highest BCUT2D eigenvalue weighted by atomic mass is 32.1. The third kappa shape index (κ3) is 2.37. The lowest BCUT2D eigenvalue weighted by Crippen LogP contribution is -2.10. The van der Waals surface area contributed by atoms with Crippen LogP contribution < -0.4 is 5.73 Å². The molecule has 0 spiro atoms. The molecule has 0 bridgehead atoms. The van der Waals surface area contributed by atoms with Crippen LogP contribution in [0.2, 0.25) is 0 Å². The Morgan fingerprint density at radius 1 is 1.39 bits per heavy atom. The molecule has 2 aromatic heterocycles. The maximum absolute atomic E-state index is 12.7. The highest BCUT2D eigenvalue weighted by Crippen LogP contribution is 2.37. The number of nitrogens with two attached hydrogens (primary N) is 1. The summed E-state index contributed by atoms with van der Waals surface area (Å²) in [5, 5.41) is 0.299. The normalized spacial score (nSPS) is 11.8. The van der Waals surface area contributed by atoms with E-state index in [-0.39, 0.29) is 11.4 Å². The fourth-order valence-electron chi connectivity index (χ4n) is 1.51. The smallest absolute Gasteiger partial charge is 0.326 e. The van der Waals surface area contributed by atoms with Gasteiger partial charge in [-0.05, 0) is 18.6 Å². The summed E-state index contributed by atoms with van der Waals surface area (Å²) in [5.41, 5.74) is 5.87. The molecule has 0 atom stereocenters. The fraction of sp³-hybridized carbons (Fsp3) is 0.273. The third-order valence-corrected chi connectivity index (χ3v) is 3.53. The van der Waals surface area contributed by atoms with Crippen molar-refractivity contribution in [2.75, 3.05) is 0 Å². The summed E-state index contributed by atoms with van der Waals surface area (Å²) in [5.74, 6) is 0. The second kappa shape index (κ2) is 4.66. The second-order valence-corrected chi connectivity index (χ2v) is 4.77. The SMILES string of the molecule is Cc1ccncc1-c1nc(C(F)(F)F)c(CN)s1. The van der Waals surface area contributed by atoms with Gasteiger partial charge in [-0.2, -0.15) is 13.2 Å². The van der Waals surface area contributed by atoms with E-state index in [0.29, 0.717) is 10.6 Å². The predicted octanol–water partition coefficient (Wildman–Crippen LogP) is 2.99. The van der Waals surface area contributed by atoms with E-state index in [1.165, 1.54) is 6.20 Å². The lowest BCUT2D eigenvalue weighted by Gasteiger charge is -2.03. The van der Waals surface area contributed by atoms with Gasteiger partial charge in [0, 0.05) is 24.5 Å². The first-order chi connectivity index (χ1) is 8.43. The van der Waals surface area contributed by atoms with Crippen molar-refractivity contribution in [1.82, 2.24) is 9.97 Å². The van der Waals surface area contributed by atoms with Gasteiger partial charge in [-0.3, -0.25) is 4.98 Å². The molecule has 0 aliphatic rings. The minimum absolute atomic E-state index is 0.0424. The summed E-state index contributed by atoms with van der Waals surface area (Å²) < 4.78 is 38.2. The van der Waals surface area contributed by atoms with Crippen LogP contribution in [-0.2, 0) is 12.7 Å². The van der Waals surface area contributed by atoms with Gasteiger partial charge >= 0.3 is 6.18 Å². The quantitative estimate of drug-likeness (QED) is 0.915. The van der Waals surface area contributed by atoms with Gasteiger partial charge in [0.1, 0.15) is 5.01 Å². The zero-order valence-corrected chi connectivity index (χ0v) is 10.3. The van der Waals surface area contributed by atoms with Gasteiger partial charge in [0.25, 0.3) is 0 Å². The molecule has 7 heteroatoms. The Morgan fingerprint density at radius 2 is 2.11 bits per heavy atom. The first-order valence-corrected chi connectivity index (χ1v) is 5.93. The Morgan fingerprint density at radius 3 is 2.61 bits per heavy atom. The van der Waals surface area contributed by atoms with E-state index < -0.39 is 11.9 Å². The van der Waals surface area contributed by atoms with E-state index in [0.717, 1.165) is 16.9 Å². The number of halogens is 3. The van der Waals surface area contributed by atoms with Gasteiger partial charge in [-0.1, -0.05) is 0 Å². The average molecular weight is 273 g/mol. The molecule has 18 heavy (non-hydrogen) atoms. The highest BCUT2D eigenvalue weighted by molar-refractivity contribution is 7.15. The molecule has 0 radical (unpaired) electrons. The number of nitrogens with zero attached hydrogens (tertiary/aromatic N) is 2. The molecule has 0 amide bonds. The molecule has 0 fully saturated rings. The van der Waals surface area contributed by atoms with Crippen molar-refractivity contribution in [3.63, 3.8) is 0 Å². The van der Waals surface area contributed by atoms with Crippen LogP contribution in [0.5, 0.6) is 0 Å². The van der Waals surface area contributed by atoms with E-state index >= 15 is 0 Å². The van der Waals surface area contributed by atoms with Gasteiger partial charge in [0.2, 0.25) is 0 Å². The van der Waals surface area contributed by atoms with Gasteiger partial charge in [0.05, 0.1) is 4.88 Å². The van der Waals surface area contributed by atoms with Crippen LogP contribution in [0.4, 0.5) is 13.2 Å². The number of alkyl halides is 3. The lowest BCUT2D eigenvalue weighted by molar-refractivity contribution is -0.141. The Kier molecular flexibility index (Phi) is 3.36. The summed E-state index contributed by atoms with van der Waals surface area (Å²) in [7, 11) is 0. The molecule has 2 N–H and O–H groups in total. The molecule has 0 saturated heterocycles. The third-order valence-electron chi connectivity index (χ3n) is 2.42. The number of hydrogen-bond donors (Lipinski definition) is 1. The van der Waals surface area contributed by atoms with Gasteiger partial charge in [-0.25, -0.2) is 4.98 Å². The van der Waals surface area contributed by atoms with Crippen LogP contribution in [0, 0.1) is 6.92 Å². The van der Waals surface area contributed by atoms with Crippen LogP contribution >= 0.6 is 11.3 Å². The van der Waals surface area contributed by atoms with Crippen molar-refractivity contribution < 1.29 is 13.2 Å². The van der Waals surface area contributed by atoms with Crippen LogP contribution in [0.25, 0.3) is 10.6 Å². The van der Waals surface area contributed by atoms with Gasteiger partial charge < -0.3 is 5.73 Å². The molecule has 0 aliphatic heterocycles. The Labute approximate surface area is 105 Å². The summed E-state index contributed by atoms with van der Waals surface area (Å²) in [6, 6.07) is 1.73. The first kappa shape index (κ1) is 13.0. The van der Waals surface area contributed by atoms with Crippen LogP contribution in [-0.4, -0.2) is 9.97 Å². The molecule has 96 valence electrons. The number of thiazole rings is 1. The largest absolute Gasteiger partial charge is 0.434 e. The van der Waals surface area contributed by atoms with Gasteiger partial charge in [-0.15, -0.1) is 11.3 Å². The Balaban J connectivity index is 2.55. The van der Waals surface area contributed by atoms with Crippen LogP contribution in [0.15, 0.2) is 18.5 Å². The topological polar surface area (TPSA) is 51.8 Å². The van der Waals surface area contributed by atoms with E-state index in [9.17, 15) is 13.2 Å². The van der Waals surface area contributed by atoms with E-state index in [1.54, 1.807) is 19.2 Å². The number of hydrogen-bond acceptors (Lipinski definition) is 4. The lowest BCUT2D eigenvalue weighted by atomic mass is 10.2. The molecular formula is C11H10F3N3S. The fourth-order valence-corrected chi connectivity index (χ4v) is 2.55. The predicted molar refractivity (Wildman–Crippen MR) is 63.0 cm³/mol. The molecule has 3 nitrogen and oxygen atoms in total. The maximum Gasteiger partial charge on any atom is 0.434 e. The first-order valence-electron chi connectivity index (χ1n) is 5.11. The summed E-state index contributed by atoms with van der Waals surface area (Å²) in [4.78, 5) is 7.60. The molecule has 2 rings (SSSR count). The Hall–Kier alpha value is -1.47. The zero-order valence-electron chi connectivity index (χ0n) is 9.45. The van der Waals surface area contributed by atoms with Crippen LogP contribution in [0.3, 0.4) is 0 Å². The van der Waals surface area contributed by atoms with Crippen molar-refractivity contribution >= 4 is 11.3 Å². The molecule has 0 unspecified atom stereocenters. The molecule has 0 aliphatic carbocycles. The Bertz CT molecular complexity index is 563. The summed E-state index contributed by atoms with van der Waals surface area (Å²) >= 11 is 0.958. The van der Waals surface area contributed by atoms with Crippen LogP contribution in [0.1, 0.15) is 16.1 Å². The van der Waals surface area contributed by atoms with Crippen molar-refractivity contribution in [2.45, 2.75) is 19.6 Å². The number of aryl methyl sites for hydroxylation is 1. The summed E-state index contributed by atoms with van der Waals surface area (Å²) in [6.45, 7) is 1.62. The number of aromatic nitrogens is 2. The monoisotopic (exact) mass is 273 g/mol. The molecule has 0 aromatic carbocycles. The van der Waals surface area contributed by atoms with E-state index in [2.05, 4.69) is 9.97 Å². The standard InChI is InChI=1S/C11H10F3N3S/c1-6-2-3-16-5-7(6)10-17-9(11(12,13)14)8(4-15)18-10/h2-3,5H,4,15H2,1H3. The van der Waals surface area contributed by atoms with Crippen molar-refractivity contribution in [2.24, 2.45) is 5.73 Å². The van der Waals surface area contributed by atoms with Crippen molar-refractivity contribution in [3.05, 3.63) is 34.6 Å². The minimum atomic E-state index is -4.47. The molecular weight excluding hydrogens is 263 g/mol. The van der Waals surface area contributed by atoms with E-state index in [4.69, 9.17) is 5.73 Å². The second-order valence-electron chi connectivity index (χ2n) is 3.68. The molecule has 2 heterocycles. The van der Waals surface area contributed by atoms with Crippen molar-refractivity contribution in [1.29, 1.82) is 0 Å². The zero-order chi connectivity index (χ0) is 13.3. The van der Waals surface area contributed by atoms with Crippen molar-refractivity contribution in [3.8, 4) is 10.6 Å². The summed E-state index contributed by atoms with van der Waals surface area (Å²) in [6.07, 6.45) is -1.38. The average Bonchev–Trinajstić information content (AvgIpc) is 2.73. The van der Waals surface area contributed by atoms with E-state index in [1.807, 2.05) is 0 Å². The van der Waals surface area contributed by atoms with Gasteiger partial charge in [0.15, 0.2) is 5.69 Å². The maximum atomic E-state index is 12.7. The molecule has 0 saturated carbocycles. The number of pyridine rings is 1. The molecule has 2 aromatic rings.